The molecule has 0 aliphatic heterocycles. The quantitative estimate of drug-likeness (QED) is 0.184. The number of aliphatic hydroxyl groups excluding tert-OH is 2. The average molecular weight is 551 g/mol. The van der Waals surface area contributed by atoms with Crippen LogP contribution in [0, 0.1) is 22.3 Å². The van der Waals surface area contributed by atoms with E-state index in [-0.39, 0.29) is 17.0 Å². The van der Waals surface area contributed by atoms with E-state index in [1.165, 1.54) is 22.9 Å². The van der Waals surface area contributed by atoms with E-state index in [2.05, 4.69) is 15.4 Å². The van der Waals surface area contributed by atoms with Crippen LogP contribution in [0.3, 0.4) is 0 Å². The summed E-state index contributed by atoms with van der Waals surface area (Å²) in [6, 6.07) is 1.87. The maximum Gasteiger partial charge on any atom is 0.415 e. The second kappa shape index (κ2) is 12.7. The number of carbonyl (C=O) groups is 3. The Bertz CT molecular complexity index is 1210. The van der Waals surface area contributed by atoms with E-state index in [0.29, 0.717) is 0 Å². The number of ether oxygens (including phenoxy) is 4. The molecule has 0 aliphatic carbocycles. The zero-order chi connectivity index (χ0) is 29.5. The number of carbonyl (C=O) groups excluding carboxylic acids is 3. The molecule has 2 rings (SSSR count). The van der Waals surface area contributed by atoms with Gasteiger partial charge in [-0.3, -0.25) is 14.9 Å². The Morgan fingerprint density at radius 2 is 1.79 bits per heavy atom. The molecule has 2 heterocycles. The molecular formula is C24H34N6O9. The van der Waals surface area contributed by atoms with Gasteiger partial charge in [0.1, 0.15) is 36.7 Å². The lowest BCUT2D eigenvalue weighted by Gasteiger charge is -2.27. The molecule has 0 fully saturated rings. The van der Waals surface area contributed by atoms with Crippen molar-refractivity contribution in [1.29, 1.82) is 5.26 Å². The number of nitriles is 1. The molecule has 0 spiro atoms. The number of nitrogens with one attached hydrogen (secondary N) is 1. The predicted molar refractivity (Wildman–Crippen MR) is 133 cm³/mol. The van der Waals surface area contributed by atoms with E-state index in [0.717, 1.165) is 6.33 Å². The molecule has 4 atom stereocenters. The van der Waals surface area contributed by atoms with Gasteiger partial charge in [-0.05, 0) is 38.3 Å². The van der Waals surface area contributed by atoms with Gasteiger partial charge in [-0.15, -0.1) is 0 Å². The van der Waals surface area contributed by atoms with Crippen molar-refractivity contribution in [3.05, 3.63) is 24.2 Å². The van der Waals surface area contributed by atoms with Gasteiger partial charge in [0.15, 0.2) is 11.9 Å². The third-order valence-electron chi connectivity index (χ3n) is 5.48. The molecule has 15 heteroatoms. The maximum absolute atomic E-state index is 12.2. The molecule has 0 saturated carbocycles. The Morgan fingerprint density at radius 1 is 1.13 bits per heavy atom. The third kappa shape index (κ3) is 8.24. The Morgan fingerprint density at radius 3 is 2.38 bits per heavy atom. The fourth-order valence-corrected chi connectivity index (χ4v) is 3.02. The van der Waals surface area contributed by atoms with Crippen molar-refractivity contribution in [2.75, 3.05) is 18.7 Å². The number of fused-ring (bicyclic) bond motifs is 1. The number of aliphatic hydroxyl groups is 2. The first-order chi connectivity index (χ1) is 18.1. The van der Waals surface area contributed by atoms with Gasteiger partial charge in [-0.25, -0.2) is 14.3 Å². The normalized spacial score (nSPS) is 14.9. The zero-order valence-corrected chi connectivity index (χ0v) is 22.6. The predicted octanol–water partition coefficient (Wildman–Crippen LogP) is 1.00. The molecule has 0 saturated heterocycles. The molecule has 2 aromatic heterocycles. The number of hydrogen-bond acceptors (Lipinski definition) is 13. The van der Waals surface area contributed by atoms with Crippen LogP contribution in [0.4, 0.5) is 10.6 Å². The number of esters is 2. The summed E-state index contributed by atoms with van der Waals surface area (Å²) >= 11 is 0. The topological polar surface area (TPSA) is 221 Å². The highest BCUT2D eigenvalue weighted by molar-refractivity contribution is 5.88. The first-order valence-corrected chi connectivity index (χ1v) is 11.8. The van der Waals surface area contributed by atoms with E-state index in [1.54, 1.807) is 41.5 Å². The van der Waals surface area contributed by atoms with Gasteiger partial charge in [0, 0.05) is 0 Å². The smallest absolute Gasteiger partial charge is 0.415 e. The van der Waals surface area contributed by atoms with Crippen LogP contribution >= 0.6 is 0 Å². The number of nitrogens with zero attached hydrogens (tertiary/aromatic N) is 4. The minimum absolute atomic E-state index is 0.0139. The van der Waals surface area contributed by atoms with Crippen molar-refractivity contribution >= 4 is 29.4 Å². The minimum atomic E-state index is -1.74. The summed E-state index contributed by atoms with van der Waals surface area (Å²) in [7, 11) is 0. The third-order valence-corrected chi connectivity index (χ3v) is 5.48. The van der Waals surface area contributed by atoms with Crippen molar-refractivity contribution in [2.45, 2.75) is 65.9 Å². The number of anilines is 1. The van der Waals surface area contributed by atoms with Crippen LogP contribution in [0.25, 0.3) is 5.52 Å². The fourth-order valence-electron chi connectivity index (χ4n) is 3.02. The molecule has 0 aliphatic rings. The lowest BCUT2D eigenvalue weighted by molar-refractivity contribution is -0.161. The lowest BCUT2D eigenvalue weighted by atomic mass is 9.87. The van der Waals surface area contributed by atoms with E-state index in [4.69, 9.17) is 29.9 Å². The maximum atomic E-state index is 12.2. The van der Waals surface area contributed by atoms with E-state index in [1.807, 2.05) is 0 Å². The Labute approximate surface area is 224 Å². The molecule has 15 nitrogen and oxygen atoms in total. The van der Waals surface area contributed by atoms with Crippen molar-refractivity contribution in [3.8, 4) is 6.26 Å². The van der Waals surface area contributed by atoms with Crippen molar-refractivity contribution in [3.63, 3.8) is 0 Å². The summed E-state index contributed by atoms with van der Waals surface area (Å²) in [4.78, 5) is 40.1. The van der Waals surface area contributed by atoms with Crippen LogP contribution < -0.4 is 11.1 Å². The van der Waals surface area contributed by atoms with Gasteiger partial charge in [-0.1, -0.05) is 20.8 Å². The molecular weight excluding hydrogens is 516 g/mol. The summed E-state index contributed by atoms with van der Waals surface area (Å²) in [5, 5.41) is 36.9. The zero-order valence-electron chi connectivity index (χ0n) is 22.6. The number of nitrogens with two attached hydrogens (primary N) is 1. The van der Waals surface area contributed by atoms with Crippen LogP contribution in [-0.4, -0.2) is 74.5 Å². The minimum Gasteiger partial charge on any atom is -0.460 e. The number of aromatic nitrogens is 3. The summed E-state index contributed by atoms with van der Waals surface area (Å²) in [5.41, 5.74) is 4.75. The van der Waals surface area contributed by atoms with E-state index in [9.17, 15) is 24.6 Å². The standard InChI is InChI=1S/C24H34N6O9/c1-23(2,3)18(26)20(33)36-9-15(37-10-25)17(32)16(31)13-7-8-14-19(27-11-28-30(13)14)29-22(35)39-12-38-21(34)24(4,5)6/h7-8,11,15-18,31-32H,9,12,26H2,1-6H3,(H,27,28,29,35)/t15-,16+,17-,18-/m1/s1. The monoisotopic (exact) mass is 550 g/mol. The lowest BCUT2D eigenvalue weighted by Crippen LogP contribution is -2.45. The molecule has 0 unspecified atom stereocenters. The molecule has 0 radical (unpaired) electrons. The van der Waals surface area contributed by atoms with Gasteiger partial charge >= 0.3 is 18.0 Å². The summed E-state index contributed by atoms with van der Waals surface area (Å²) in [6.07, 6.45) is -3.34. The van der Waals surface area contributed by atoms with Gasteiger partial charge in [0.2, 0.25) is 6.79 Å². The SMILES string of the molecule is CC(C)(C)C(=O)OCOC(=O)Nc1ncnn2c([C@H](O)[C@H](O)[C@@H](COC(=O)[C@@H](N)C(C)(C)C)OC#N)ccc12. The van der Waals surface area contributed by atoms with Gasteiger partial charge in [0.05, 0.1) is 11.1 Å². The molecule has 5 N–H and O–H groups in total. The number of amides is 1. The summed E-state index contributed by atoms with van der Waals surface area (Å²) in [5.74, 6) is -1.35. The highest BCUT2D eigenvalue weighted by Crippen LogP contribution is 2.26. The van der Waals surface area contributed by atoms with Crippen LogP contribution in [0.2, 0.25) is 0 Å². The second-order valence-corrected chi connectivity index (χ2v) is 10.7. The van der Waals surface area contributed by atoms with Crippen LogP contribution in [0.15, 0.2) is 18.5 Å². The largest absolute Gasteiger partial charge is 0.460 e. The first-order valence-electron chi connectivity index (χ1n) is 11.8. The van der Waals surface area contributed by atoms with Crippen LogP contribution in [0.5, 0.6) is 0 Å². The summed E-state index contributed by atoms with van der Waals surface area (Å²) < 4.78 is 20.8. The highest BCUT2D eigenvalue weighted by Gasteiger charge is 2.35. The summed E-state index contributed by atoms with van der Waals surface area (Å²) in [6.45, 7) is 8.98. The first kappa shape index (κ1) is 31.2. The van der Waals surface area contributed by atoms with Crippen LogP contribution in [-0.2, 0) is 28.5 Å². The molecule has 2 aromatic rings. The Balaban J connectivity index is 2.12. The van der Waals surface area contributed by atoms with Gasteiger partial charge in [0.25, 0.3) is 6.26 Å². The van der Waals surface area contributed by atoms with Crippen molar-refractivity contribution in [1.82, 2.24) is 14.6 Å². The number of hydrogen-bond donors (Lipinski definition) is 4. The molecule has 0 aromatic carbocycles. The fraction of sp³-hybridized carbons (Fsp3) is 0.583. The molecule has 39 heavy (non-hydrogen) atoms. The van der Waals surface area contributed by atoms with E-state index < -0.39 is 66.6 Å². The van der Waals surface area contributed by atoms with E-state index >= 15 is 0 Å². The Hall–Kier alpha value is -4.00. The van der Waals surface area contributed by atoms with Gasteiger partial charge < -0.3 is 34.9 Å². The van der Waals surface area contributed by atoms with Gasteiger partial charge in [-0.2, -0.15) is 10.4 Å². The Kier molecular flexibility index (Phi) is 10.2. The number of rotatable bonds is 10. The highest BCUT2D eigenvalue weighted by atomic mass is 16.7. The second-order valence-electron chi connectivity index (χ2n) is 10.7. The molecule has 1 amide bonds. The van der Waals surface area contributed by atoms with Crippen molar-refractivity contribution < 1.29 is 43.5 Å². The van der Waals surface area contributed by atoms with Crippen LogP contribution in [0.1, 0.15) is 53.3 Å². The van der Waals surface area contributed by atoms with Crippen molar-refractivity contribution in [2.24, 2.45) is 16.6 Å². The average Bonchev–Trinajstić information content (AvgIpc) is 3.29. The molecule has 214 valence electrons. The molecule has 0 bridgehead atoms.